The molecule has 14 heavy (non-hydrogen) atoms. The average molecular weight is 200 g/mol. The van der Waals surface area contributed by atoms with Crippen LogP contribution in [0.15, 0.2) is 12.7 Å². The average Bonchev–Trinajstić information content (AvgIpc) is 2.20. The summed E-state index contributed by atoms with van der Waals surface area (Å²) < 4.78 is 5.36. The lowest BCUT2D eigenvalue weighted by atomic mass is 10.2. The highest BCUT2D eigenvalue weighted by molar-refractivity contribution is 4.79. The predicted molar refractivity (Wildman–Crippen MR) is 56.3 cm³/mol. The molecule has 82 valence electrons. The molecule has 4 heteroatoms. The Morgan fingerprint density at radius 1 is 1.64 bits per heavy atom. The summed E-state index contributed by atoms with van der Waals surface area (Å²) in [7, 11) is 0. The molecule has 1 saturated heterocycles. The van der Waals surface area contributed by atoms with E-state index >= 15 is 0 Å². The van der Waals surface area contributed by atoms with Gasteiger partial charge in [-0.1, -0.05) is 6.08 Å². The quantitative estimate of drug-likeness (QED) is 0.565. The highest BCUT2D eigenvalue weighted by atomic mass is 16.5. The molecule has 1 fully saturated rings. The Morgan fingerprint density at radius 2 is 2.50 bits per heavy atom. The SMILES string of the molecule is C=CCN(CCO)CC1COCCN1. The number of hydrogen-bond acceptors (Lipinski definition) is 4. The Labute approximate surface area is 85.5 Å². The van der Waals surface area contributed by atoms with Crippen LogP contribution in [0, 0.1) is 0 Å². The number of nitrogens with zero attached hydrogens (tertiary/aromatic N) is 1. The van der Waals surface area contributed by atoms with Crippen LogP contribution >= 0.6 is 0 Å². The molecule has 0 aromatic carbocycles. The summed E-state index contributed by atoms with van der Waals surface area (Å²) in [4.78, 5) is 2.17. The van der Waals surface area contributed by atoms with Crippen LogP contribution in [0.5, 0.6) is 0 Å². The summed E-state index contributed by atoms with van der Waals surface area (Å²) >= 11 is 0. The lowest BCUT2D eigenvalue weighted by Gasteiger charge is -2.29. The standard InChI is InChI=1S/C10H20N2O2/c1-2-4-12(5-6-13)8-10-9-14-7-3-11-10/h2,10-11,13H,1,3-9H2. The lowest BCUT2D eigenvalue weighted by molar-refractivity contribution is 0.0609. The van der Waals surface area contributed by atoms with Crippen LogP contribution in [0.25, 0.3) is 0 Å². The molecular formula is C10H20N2O2. The largest absolute Gasteiger partial charge is 0.395 e. The third-order valence-corrected chi connectivity index (χ3v) is 2.28. The smallest absolute Gasteiger partial charge is 0.0632 e. The predicted octanol–water partition coefficient (Wildman–Crippen LogP) is -0.545. The molecule has 4 nitrogen and oxygen atoms in total. The van der Waals surface area contributed by atoms with E-state index in [-0.39, 0.29) is 6.61 Å². The first-order valence-electron chi connectivity index (χ1n) is 5.12. The van der Waals surface area contributed by atoms with Gasteiger partial charge in [0.25, 0.3) is 0 Å². The highest BCUT2D eigenvalue weighted by Gasteiger charge is 2.15. The number of aliphatic hydroxyl groups is 1. The molecule has 1 aliphatic rings. The lowest BCUT2D eigenvalue weighted by Crippen LogP contribution is -2.49. The molecule has 1 aliphatic heterocycles. The number of nitrogens with one attached hydrogen (secondary N) is 1. The first kappa shape index (κ1) is 11.7. The van der Waals surface area contributed by atoms with Gasteiger partial charge in [-0.25, -0.2) is 0 Å². The molecule has 0 spiro atoms. The molecule has 0 bridgehead atoms. The summed E-state index contributed by atoms with van der Waals surface area (Å²) in [5.41, 5.74) is 0. The van der Waals surface area contributed by atoms with E-state index in [0.29, 0.717) is 12.6 Å². The molecule has 0 saturated carbocycles. The summed E-state index contributed by atoms with van der Waals surface area (Å²) in [6.45, 7) is 8.81. The maximum atomic E-state index is 8.87. The van der Waals surface area contributed by atoms with Crippen LogP contribution in [0.4, 0.5) is 0 Å². The molecule has 1 atom stereocenters. The van der Waals surface area contributed by atoms with Gasteiger partial charge in [-0.15, -0.1) is 6.58 Å². The maximum absolute atomic E-state index is 8.87. The second-order valence-corrected chi connectivity index (χ2v) is 3.50. The van der Waals surface area contributed by atoms with Crippen molar-refractivity contribution in [1.82, 2.24) is 10.2 Å². The van der Waals surface area contributed by atoms with Crippen molar-refractivity contribution >= 4 is 0 Å². The third-order valence-electron chi connectivity index (χ3n) is 2.28. The zero-order valence-corrected chi connectivity index (χ0v) is 8.61. The van der Waals surface area contributed by atoms with Crippen molar-refractivity contribution in [3.05, 3.63) is 12.7 Å². The minimum Gasteiger partial charge on any atom is -0.395 e. The Bertz CT molecular complexity index is 158. The third kappa shape index (κ3) is 4.19. The van der Waals surface area contributed by atoms with Crippen molar-refractivity contribution in [3.8, 4) is 0 Å². The molecule has 0 aromatic heterocycles. The minimum atomic E-state index is 0.196. The Morgan fingerprint density at radius 3 is 3.07 bits per heavy atom. The second-order valence-electron chi connectivity index (χ2n) is 3.50. The molecule has 1 unspecified atom stereocenters. The Hall–Kier alpha value is -0.420. The van der Waals surface area contributed by atoms with Gasteiger partial charge in [-0.3, -0.25) is 4.90 Å². The van der Waals surface area contributed by atoms with E-state index in [1.165, 1.54) is 0 Å². The van der Waals surface area contributed by atoms with Gasteiger partial charge in [-0.2, -0.15) is 0 Å². The summed E-state index contributed by atoms with van der Waals surface area (Å²) in [6, 6.07) is 0.384. The van der Waals surface area contributed by atoms with Crippen molar-refractivity contribution < 1.29 is 9.84 Å². The van der Waals surface area contributed by atoms with Crippen molar-refractivity contribution in [1.29, 1.82) is 0 Å². The van der Waals surface area contributed by atoms with E-state index in [4.69, 9.17) is 9.84 Å². The maximum Gasteiger partial charge on any atom is 0.0632 e. The molecule has 1 heterocycles. The monoisotopic (exact) mass is 200 g/mol. The summed E-state index contributed by atoms with van der Waals surface area (Å²) in [5, 5.41) is 12.2. The van der Waals surface area contributed by atoms with E-state index < -0.39 is 0 Å². The molecule has 0 amide bonds. The fourth-order valence-electron chi connectivity index (χ4n) is 1.63. The molecule has 0 radical (unpaired) electrons. The first-order chi connectivity index (χ1) is 6.86. The van der Waals surface area contributed by atoms with E-state index in [1.54, 1.807) is 0 Å². The van der Waals surface area contributed by atoms with Crippen LogP contribution < -0.4 is 5.32 Å². The molecule has 0 aliphatic carbocycles. The van der Waals surface area contributed by atoms with Gasteiger partial charge in [0, 0.05) is 32.2 Å². The van der Waals surface area contributed by atoms with Gasteiger partial charge in [0.2, 0.25) is 0 Å². The first-order valence-corrected chi connectivity index (χ1v) is 5.12. The van der Waals surface area contributed by atoms with E-state index in [0.717, 1.165) is 32.8 Å². The fraction of sp³-hybridized carbons (Fsp3) is 0.800. The second kappa shape index (κ2) is 6.95. The van der Waals surface area contributed by atoms with Crippen LogP contribution in [0.3, 0.4) is 0 Å². The summed E-state index contributed by atoms with van der Waals surface area (Å²) in [5.74, 6) is 0. The number of rotatable bonds is 6. The van der Waals surface area contributed by atoms with E-state index in [1.807, 2.05) is 6.08 Å². The fourth-order valence-corrected chi connectivity index (χ4v) is 1.63. The molecular weight excluding hydrogens is 180 g/mol. The number of ether oxygens (including phenoxy) is 1. The number of aliphatic hydroxyl groups excluding tert-OH is 1. The van der Waals surface area contributed by atoms with Crippen LogP contribution in [-0.2, 0) is 4.74 Å². The molecule has 1 rings (SSSR count). The highest BCUT2D eigenvalue weighted by Crippen LogP contribution is 1.97. The Balaban J connectivity index is 2.25. The van der Waals surface area contributed by atoms with Gasteiger partial charge in [0.1, 0.15) is 0 Å². The van der Waals surface area contributed by atoms with Gasteiger partial charge in [0.15, 0.2) is 0 Å². The minimum absolute atomic E-state index is 0.196. The Kier molecular flexibility index (Phi) is 5.78. The summed E-state index contributed by atoms with van der Waals surface area (Å²) in [6.07, 6.45) is 1.86. The van der Waals surface area contributed by atoms with E-state index in [2.05, 4.69) is 16.8 Å². The van der Waals surface area contributed by atoms with Crippen LogP contribution in [0.2, 0.25) is 0 Å². The van der Waals surface area contributed by atoms with Gasteiger partial charge >= 0.3 is 0 Å². The zero-order valence-electron chi connectivity index (χ0n) is 8.61. The van der Waals surface area contributed by atoms with Crippen LogP contribution in [-0.4, -0.2) is 62.0 Å². The van der Waals surface area contributed by atoms with Crippen molar-refractivity contribution in [2.75, 3.05) is 46.0 Å². The number of morpholine rings is 1. The van der Waals surface area contributed by atoms with Crippen molar-refractivity contribution in [3.63, 3.8) is 0 Å². The van der Waals surface area contributed by atoms with Gasteiger partial charge in [-0.05, 0) is 0 Å². The zero-order chi connectivity index (χ0) is 10.2. The molecule has 2 N–H and O–H groups in total. The van der Waals surface area contributed by atoms with Gasteiger partial charge in [0.05, 0.1) is 19.8 Å². The number of hydrogen-bond donors (Lipinski definition) is 2. The van der Waals surface area contributed by atoms with E-state index in [9.17, 15) is 0 Å². The van der Waals surface area contributed by atoms with Crippen LogP contribution in [0.1, 0.15) is 0 Å². The topological polar surface area (TPSA) is 44.7 Å². The normalized spacial score (nSPS) is 22.6. The molecule has 0 aromatic rings. The van der Waals surface area contributed by atoms with Gasteiger partial charge < -0.3 is 15.2 Å². The van der Waals surface area contributed by atoms with Crippen molar-refractivity contribution in [2.45, 2.75) is 6.04 Å². The van der Waals surface area contributed by atoms with Crippen molar-refractivity contribution in [2.24, 2.45) is 0 Å².